The van der Waals surface area contributed by atoms with Gasteiger partial charge in [0.05, 0.1) is 16.3 Å². The highest BCUT2D eigenvalue weighted by molar-refractivity contribution is 7.89. The summed E-state index contributed by atoms with van der Waals surface area (Å²) in [7, 11) is -3.94. The number of primary sulfonamides is 1. The second-order valence-corrected chi connectivity index (χ2v) is 7.90. The standard InChI is InChI=1S/C19H17F3N4O3S/c1-2-18(27)24-13-5-3-12(4-6-13)16-11-17(19(20,21)22)25-26(16)14-7-9-15(10-8-14)30(23,28)29/h3-11H,2H2,1H3,(H,24,27)(H2,23,28,29). The third-order valence-electron chi connectivity index (χ3n) is 4.20. The van der Waals surface area contributed by atoms with Gasteiger partial charge in [0, 0.05) is 17.7 Å². The number of nitrogens with zero attached hydrogens (tertiary/aromatic N) is 2. The molecule has 0 radical (unpaired) electrons. The summed E-state index contributed by atoms with van der Waals surface area (Å²) in [5.74, 6) is -0.193. The summed E-state index contributed by atoms with van der Waals surface area (Å²) in [6.07, 6.45) is -4.38. The normalized spacial score (nSPS) is 12.0. The van der Waals surface area contributed by atoms with Gasteiger partial charge in [-0.25, -0.2) is 18.2 Å². The summed E-state index contributed by atoms with van der Waals surface area (Å²) in [6, 6.07) is 12.1. The molecule has 3 rings (SSSR count). The summed E-state index contributed by atoms with van der Waals surface area (Å²) < 4.78 is 63.7. The molecule has 0 saturated heterocycles. The van der Waals surface area contributed by atoms with Gasteiger partial charge in [0.1, 0.15) is 0 Å². The zero-order valence-corrected chi connectivity index (χ0v) is 16.5. The Bertz CT molecular complexity index is 1170. The van der Waals surface area contributed by atoms with Gasteiger partial charge in [-0.3, -0.25) is 4.79 Å². The number of nitrogens with one attached hydrogen (secondary N) is 1. The van der Waals surface area contributed by atoms with E-state index in [2.05, 4.69) is 10.4 Å². The SMILES string of the molecule is CCC(=O)Nc1ccc(-c2cc(C(F)(F)F)nn2-c2ccc(S(N)(=O)=O)cc2)cc1. The molecule has 0 fully saturated rings. The largest absolute Gasteiger partial charge is 0.435 e. The Balaban J connectivity index is 2.06. The first kappa shape index (κ1) is 21.5. The summed E-state index contributed by atoms with van der Waals surface area (Å²) in [5.41, 5.74) is 0.180. The van der Waals surface area contributed by atoms with Crippen LogP contribution in [0, 0.1) is 0 Å². The number of halogens is 3. The summed E-state index contributed by atoms with van der Waals surface area (Å²) in [5, 5.41) is 11.4. The van der Waals surface area contributed by atoms with Crippen LogP contribution in [0.1, 0.15) is 19.0 Å². The Hall–Kier alpha value is -3.18. The van der Waals surface area contributed by atoms with Gasteiger partial charge >= 0.3 is 6.18 Å². The van der Waals surface area contributed by atoms with Crippen LogP contribution in [0.15, 0.2) is 59.5 Å². The number of nitrogens with two attached hydrogens (primary N) is 1. The van der Waals surface area contributed by atoms with Crippen LogP contribution < -0.4 is 10.5 Å². The zero-order chi connectivity index (χ0) is 22.1. The number of anilines is 1. The number of benzene rings is 2. The average Bonchev–Trinajstić information content (AvgIpc) is 3.14. The summed E-state index contributed by atoms with van der Waals surface area (Å²) in [4.78, 5) is 11.3. The first-order valence-electron chi connectivity index (χ1n) is 8.70. The third kappa shape index (κ3) is 4.69. The number of carbonyl (C=O) groups excluding carboxylic acids is 1. The highest BCUT2D eigenvalue weighted by atomic mass is 32.2. The number of rotatable bonds is 5. The Morgan fingerprint density at radius 3 is 2.20 bits per heavy atom. The summed E-state index contributed by atoms with van der Waals surface area (Å²) >= 11 is 0. The minimum absolute atomic E-state index is 0.138. The molecule has 158 valence electrons. The van der Waals surface area contributed by atoms with E-state index >= 15 is 0 Å². The molecule has 1 aromatic heterocycles. The molecule has 0 saturated carbocycles. The lowest BCUT2D eigenvalue weighted by molar-refractivity contribution is -0.141. The molecule has 7 nitrogen and oxygen atoms in total. The number of hydrogen-bond donors (Lipinski definition) is 2. The Morgan fingerprint density at radius 1 is 1.10 bits per heavy atom. The number of amides is 1. The maximum absolute atomic E-state index is 13.3. The van der Waals surface area contributed by atoms with Gasteiger partial charge in [-0.05, 0) is 42.5 Å². The van der Waals surface area contributed by atoms with E-state index in [1.54, 1.807) is 31.2 Å². The van der Waals surface area contributed by atoms with Crippen LogP contribution in [0.2, 0.25) is 0 Å². The first-order valence-corrected chi connectivity index (χ1v) is 10.2. The Morgan fingerprint density at radius 2 is 1.70 bits per heavy atom. The van der Waals surface area contributed by atoms with Gasteiger partial charge in [0.2, 0.25) is 15.9 Å². The zero-order valence-electron chi connectivity index (χ0n) is 15.6. The molecule has 30 heavy (non-hydrogen) atoms. The van der Waals surface area contributed by atoms with E-state index in [1.807, 2.05) is 0 Å². The van der Waals surface area contributed by atoms with Crippen molar-refractivity contribution in [2.24, 2.45) is 5.14 Å². The summed E-state index contributed by atoms with van der Waals surface area (Å²) in [6.45, 7) is 1.70. The van der Waals surface area contributed by atoms with Gasteiger partial charge < -0.3 is 5.32 Å². The molecule has 1 heterocycles. The lowest BCUT2D eigenvalue weighted by atomic mass is 10.1. The van der Waals surface area contributed by atoms with Crippen molar-refractivity contribution in [1.29, 1.82) is 0 Å². The van der Waals surface area contributed by atoms with E-state index in [0.29, 0.717) is 11.3 Å². The van der Waals surface area contributed by atoms with E-state index in [-0.39, 0.29) is 28.6 Å². The first-order chi connectivity index (χ1) is 14.0. The molecule has 0 unspecified atom stereocenters. The van der Waals surface area contributed by atoms with E-state index < -0.39 is 21.9 Å². The third-order valence-corrected chi connectivity index (χ3v) is 5.12. The van der Waals surface area contributed by atoms with Crippen LogP contribution >= 0.6 is 0 Å². The molecule has 11 heteroatoms. The van der Waals surface area contributed by atoms with Crippen LogP contribution in [-0.2, 0) is 21.0 Å². The molecule has 0 spiro atoms. The van der Waals surface area contributed by atoms with Crippen LogP contribution in [-0.4, -0.2) is 24.1 Å². The average molecular weight is 438 g/mol. The minimum atomic E-state index is -4.67. The molecular weight excluding hydrogens is 421 g/mol. The molecular formula is C19H17F3N4O3S. The van der Waals surface area contributed by atoms with Crippen LogP contribution in [0.4, 0.5) is 18.9 Å². The predicted octanol–water partition coefficient (Wildman–Crippen LogP) is 3.55. The van der Waals surface area contributed by atoms with Crippen LogP contribution in [0.25, 0.3) is 16.9 Å². The fraction of sp³-hybridized carbons (Fsp3) is 0.158. The minimum Gasteiger partial charge on any atom is -0.326 e. The maximum atomic E-state index is 13.3. The van der Waals surface area contributed by atoms with Crippen molar-refractivity contribution in [2.75, 3.05) is 5.32 Å². The van der Waals surface area contributed by atoms with E-state index in [9.17, 15) is 26.4 Å². The predicted molar refractivity (Wildman–Crippen MR) is 104 cm³/mol. The lowest BCUT2D eigenvalue weighted by Crippen LogP contribution is -2.12. The molecule has 0 atom stereocenters. The van der Waals surface area contributed by atoms with Crippen molar-refractivity contribution >= 4 is 21.6 Å². The number of sulfonamides is 1. The number of aromatic nitrogens is 2. The van der Waals surface area contributed by atoms with Gasteiger partial charge in [-0.1, -0.05) is 19.1 Å². The van der Waals surface area contributed by atoms with E-state index in [4.69, 9.17) is 5.14 Å². The Labute approximate surface area is 170 Å². The molecule has 0 aliphatic heterocycles. The van der Waals surface area contributed by atoms with Gasteiger partial charge in [0.15, 0.2) is 5.69 Å². The molecule has 3 aromatic rings. The molecule has 1 amide bonds. The fourth-order valence-corrected chi connectivity index (χ4v) is 3.19. The Kier molecular flexibility index (Phi) is 5.68. The number of hydrogen-bond acceptors (Lipinski definition) is 4. The monoisotopic (exact) mass is 438 g/mol. The maximum Gasteiger partial charge on any atom is 0.435 e. The van der Waals surface area contributed by atoms with Crippen LogP contribution in [0.5, 0.6) is 0 Å². The highest BCUT2D eigenvalue weighted by Crippen LogP contribution is 2.33. The van der Waals surface area contributed by atoms with Crippen molar-refractivity contribution in [3.63, 3.8) is 0 Å². The molecule has 3 N–H and O–H groups in total. The molecule has 2 aromatic carbocycles. The van der Waals surface area contributed by atoms with Crippen molar-refractivity contribution in [2.45, 2.75) is 24.4 Å². The van der Waals surface area contributed by atoms with Crippen molar-refractivity contribution in [3.8, 4) is 16.9 Å². The van der Waals surface area contributed by atoms with Gasteiger partial charge in [-0.15, -0.1) is 0 Å². The van der Waals surface area contributed by atoms with Crippen molar-refractivity contribution < 1.29 is 26.4 Å². The molecule has 0 aliphatic rings. The van der Waals surface area contributed by atoms with E-state index in [1.165, 1.54) is 24.3 Å². The second-order valence-electron chi connectivity index (χ2n) is 6.34. The number of carbonyl (C=O) groups is 1. The molecule has 0 aliphatic carbocycles. The highest BCUT2D eigenvalue weighted by Gasteiger charge is 2.35. The fourth-order valence-electron chi connectivity index (χ4n) is 2.67. The topological polar surface area (TPSA) is 107 Å². The molecule has 0 bridgehead atoms. The van der Waals surface area contributed by atoms with Gasteiger partial charge in [-0.2, -0.15) is 18.3 Å². The quantitative estimate of drug-likeness (QED) is 0.635. The number of alkyl halides is 3. The van der Waals surface area contributed by atoms with Crippen molar-refractivity contribution in [1.82, 2.24) is 9.78 Å². The smallest absolute Gasteiger partial charge is 0.326 e. The van der Waals surface area contributed by atoms with Crippen LogP contribution in [0.3, 0.4) is 0 Å². The lowest BCUT2D eigenvalue weighted by Gasteiger charge is -2.09. The van der Waals surface area contributed by atoms with E-state index in [0.717, 1.165) is 10.7 Å². The second kappa shape index (κ2) is 7.92. The van der Waals surface area contributed by atoms with Gasteiger partial charge in [0.25, 0.3) is 0 Å². The van der Waals surface area contributed by atoms with Crippen molar-refractivity contribution in [3.05, 3.63) is 60.3 Å².